The molecule has 1 aliphatic heterocycles. The van der Waals surface area contributed by atoms with E-state index in [1.807, 2.05) is 0 Å². The first-order valence-corrected chi connectivity index (χ1v) is 6.00. The van der Waals surface area contributed by atoms with Crippen molar-refractivity contribution in [3.8, 4) is 0 Å². The molecule has 2 rings (SSSR count). The van der Waals surface area contributed by atoms with Crippen LogP contribution >= 0.6 is 0 Å². The van der Waals surface area contributed by atoms with E-state index in [0.29, 0.717) is 0 Å². The topological polar surface area (TPSA) is 32.7 Å². The van der Waals surface area contributed by atoms with Crippen molar-refractivity contribution in [2.75, 3.05) is 32.9 Å². The summed E-state index contributed by atoms with van der Waals surface area (Å²) >= 11 is 0. The Bertz CT molecular complexity index is 375. The summed E-state index contributed by atoms with van der Waals surface area (Å²) in [5.41, 5.74) is 0.852. The molecule has 0 bridgehead atoms. The van der Waals surface area contributed by atoms with Crippen LogP contribution in [0.4, 0.5) is 8.78 Å². The van der Waals surface area contributed by atoms with E-state index in [0.717, 1.165) is 38.4 Å². The van der Waals surface area contributed by atoms with E-state index in [-0.39, 0.29) is 5.56 Å². The number of aliphatic hydroxyl groups is 1. The molecule has 0 saturated carbocycles. The Labute approximate surface area is 105 Å². The van der Waals surface area contributed by atoms with Crippen molar-refractivity contribution >= 4 is 0 Å². The number of aliphatic hydroxyl groups excluding tert-OH is 1. The highest BCUT2D eigenvalue weighted by atomic mass is 19.3. The molecule has 0 aliphatic carbocycles. The van der Waals surface area contributed by atoms with Crippen LogP contribution in [0.3, 0.4) is 0 Å². The van der Waals surface area contributed by atoms with Crippen molar-refractivity contribution in [3.63, 3.8) is 0 Å². The van der Waals surface area contributed by atoms with Crippen LogP contribution in [0.1, 0.15) is 11.1 Å². The van der Waals surface area contributed by atoms with Crippen molar-refractivity contribution in [2.45, 2.75) is 12.5 Å². The van der Waals surface area contributed by atoms with Crippen LogP contribution in [0.5, 0.6) is 0 Å². The summed E-state index contributed by atoms with van der Waals surface area (Å²) in [6.07, 6.45) is 0. The number of hydrogen-bond donors (Lipinski definition) is 1. The van der Waals surface area contributed by atoms with Crippen LogP contribution in [-0.4, -0.2) is 42.9 Å². The summed E-state index contributed by atoms with van der Waals surface area (Å²) in [5.74, 6) is -3.16. The third-order valence-electron chi connectivity index (χ3n) is 3.08. The van der Waals surface area contributed by atoms with Crippen molar-refractivity contribution in [3.05, 3.63) is 35.4 Å². The van der Waals surface area contributed by atoms with Crippen molar-refractivity contribution in [1.29, 1.82) is 0 Å². The summed E-state index contributed by atoms with van der Waals surface area (Å²) in [6.45, 7) is 2.77. The zero-order valence-corrected chi connectivity index (χ0v) is 10.1. The third-order valence-corrected chi connectivity index (χ3v) is 3.08. The lowest BCUT2D eigenvalue weighted by atomic mass is 10.1. The molecule has 0 radical (unpaired) electrons. The number of hydrogen-bond acceptors (Lipinski definition) is 3. The first-order valence-electron chi connectivity index (χ1n) is 6.00. The van der Waals surface area contributed by atoms with Crippen molar-refractivity contribution in [1.82, 2.24) is 4.90 Å². The van der Waals surface area contributed by atoms with Crippen LogP contribution in [0, 0.1) is 0 Å². The fourth-order valence-corrected chi connectivity index (χ4v) is 1.96. The maximum Gasteiger partial charge on any atom is 0.295 e. The molecule has 0 unspecified atom stereocenters. The maximum atomic E-state index is 13.2. The van der Waals surface area contributed by atoms with Gasteiger partial charge < -0.3 is 9.84 Å². The minimum absolute atomic E-state index is 0.143. The van der Waals surface area contributed by atoms with E-state index in [1.165, 1.54) is 12.1 Å². The first kappa shape index (κ1) is 13.4. The normalized spacial score (nSPS) is 17.9. The second kappa shape index (κ2) is 5.73. The van der Waals surface area contributed by atoms with Gasteiger partial charge in [-0.05, 0) is 5.56 Å². The second-order valence-corrected chi connectivity index (χ2v) is 4.45. The highest BCUT2D eigenvalue weighted by molar-refractivity contribution is 5.25. The molecule has 18 heavy (non-hydrogen) atoms. The largest absolute Gasteiger partial charge is 0.390 e. The van der Waals surface area contributed by atoms with Gasteiger partial charge in [0.25, 0.3) is 5.92 Å². The molecular weight excluding hydrogens is 240 g/mol. The molecule has 1 aromatic rings. The number of halogens is 2. The molecule has 1 saturated heterocycles. The lowest BCUT2D eigenvalue weighted by Gasteiger charge is -2.26. The quantitative estimate of drug-likeness (QED) is 0.889. The van der Waals surface area contributed by atoms with Gasteiger partial charge in [0.15, 0.2) is 0 Å². The summed E-state index contributed by atoms with van der Waals surface area (Å²) < 4.78 is 31.6. The van der Waals surface area contributed by atoms with E-state index in [9.17, 15) is 8.78 Å². The number of benzene rings is 1. The van der Waals surface area contributed by atoms with E-state index in [2.05, 4.69) is 4.90 Å². The molecule has 1 N–H and O–H groups in total. The van der Waals surface area contributed by atoms with Gasteiger partial charge in [0.05, 0.1) is 13.2 Å². The highest BCUT2D eigenvalue weighted by Crippen LogP contribution is 2.27. The first-order chi connectivity index (χ1) is 8.62. The van der Waals surface area contributed by atoms with E-state index < -0.39 is 12.5 Å². The summed E-state index contributed by atoms with van der Waals surface area (Å²) in [5, 5.41) is 8.61. The average Bonchev–Trinajstić information content (AvgIpc) is 2.40. The van der Waals surface area contributed by atoms with Crippen molar-refractivity contribution in [2.24, 2.45) is 0 Å². The Morgan fingerprint density at radius 3 is 2.33 bits per heavy atom. The Balaban J connectivity index is 1.99. The molecule has 1 aliphatic rings. The molecule has 0 aromatic heterocycles. The van der Waals surface area contributed by atoms with E-state index in [4.69, 9.17) is 9.84 Å². The van der Waals surface area contributed by atoms with E-state index in [1.54, 1.807) is 12.1 Å². The Hall–Kier alpha value is -1.04. The maximum absolute atomic E-state index is 13.2. The molecule has 3 nitrogen and oxygen atoms in total. The molecule has 5 heteroatoms. The van der Waals surface area contributed by atoms with Gasteiger partial charge in [-0.3, -0.25) is 4.90 Å². The Morgan fingerprint density at radius 1 is 1.17 bits per heavy atom. The van der Waals surface area contributed by atoms with Crippen LogP contribution in [-0.2, 0) is 17.2 Å². The number of morpholine rings is 1. The smallest absolute Gasteiger partial charge is 0.295 e. The molecular formula is C13H17F2NO2. The van der Waals surface area contributed by atoms with Crippen molar-refractivity contribution < 1.29 is 18.6 Å². The third kappa shape index (κ3) is 3.25. The monoisotopic (exact) mass is 257 g/mol. The molecule has 1 aromatic carbocycles. The standard InChI is InChI=1S/C13H17F2NO2/c14-13(15,10-17)12-3-1-11(2-4-12)9-16-5-7-18-8-6-16/h1-4,17H,5-10H2. The van der Waals surface area contributed by atoms with Gasteiger partial charge in [-0.25, -0.2) is 0 Å². The lowest BCUT2D eigenvalue weighted by Crippen LogP contribution is -2.35. The molecule has 1 fully saturated rings. The van der Waals surface area contributed by atoms with Crippen LogP contribution in [0.25, 0.3) is 0 Å². The molecule has 100 valence electrons. The van der Waals surface area contributed by atoms with Gasteiger partial charge in [0.1, 0.15) is 6.61 Å². The van der Waals surface area contributed by atoms with Crippen LogP contribution in [0.2, 0.25) is 0 Å². The summed E-state index contributed by atoms with van der Waals surface area (Å²) in [7, 11) is 0. The zero-order chi connectivity index (χ0) is 13.0. The Kier molecular flexibility index (Phi) is 4.27. The Morgan fingerprint density at radius 2 is 1.78 bits per heavy atom. The molecule has 0 amide bonds. The van der Waals surface area contributed by atoms with Crippen LogP contribution in [0.15, 0.2) is 24.3 Å². The zero-order valence-electron chi connectivity index (χ0n) is 10.1. The number of rotatable bonds is 4. The lowest BCUT2D eigenvalue weighted by molar-refractivity contribution is -0.0556. The van der Waals surface area contributed by atoms with Gasteiger partial charge in [-0.2, -0.15) is 8.78 Å². The van der Waals surface area contributed by atoms with Gasteiger partial charge in [-0.1, -0.05) is 24.3 Å². The molecule has 0 spiro atoms. The second-order valence-electron chi connectivity index (χ2n) is 4.45. The van der Waals surface area contributed by atoms with Gasteiger partial charge in [0, 0.05) is 25.2 Å². The SMILES string of the molecule is OCC(F)(F)c1ccc(CN2CCOCC2)cc1. The molecule has 1 heterocycles. The van der Waals surface area contributed by atoms with Gasteiger partial charge in [0.2, 0.25) is 0 Å². The predicted molar refractivity (Wildman–Crippen MR) is 63.5 cm³/mol. The number of nitrogens with zero attached hydrogens (tertiary/aromatic N) is 1. The van der Waals surface area contributed by atoms with Crippen LogP contribution < -0.4 is 0 Å². The number of alkyl halides is 2. The molecule has 0 atom stereocenters. The van der Waals surface area contributed by atoms with Gasteiger partial charge in [-0.15, -0.1) is 0 Å². The highest BCUT2D eigenvalue weighted by Gasteiger charge is 2.30. The fourth-order valence-electron chi connectivity index (χ4n) is 1.96. The minimum atomic E-state index is -3.16. The fraction of sp³-hybridized carbons (Fsp3) is 0.538. The minimum Gasteiger partial charge on any atom is -0.390 e. The summed E-state index contributed by atoms with van der Waals surface area (Å²) in [6, 6.07) is 6.14. The average molecular weight is 257 g/mol. The van der Waals surface area contributed by atoms with Gasteiger partial charge >= 0.3 is 0 Å². The van der Waals surface area contributed by atoms with E-state index >= 15 is 0 Å². The summed E-state index contributed by atoms with van der Waals surface area (Å²) in [4.78, 5) is 2.22. The number of ether oxygens (including phenoxy) is 1. The predicted octanol–water partition coefficient (Wildman–Crippen LogP) is 1.60.